The number of hydrogen-bond donors (Lipinski definition) is 1. The molecule has 0 aliphatic carbocycles. The van der Waals surface area contributed by atoms with Crippen molar-refractivity contribution in [1.29, 1.82) is 0 Å². The quantitative estimate of drug-likeness (QED) is 0.752. The zero-order valence-electron chi connectivity index (χ0n) is 13.9. The van der Waals surface area contributed by atoms with Crippen LogP contribution in [0.15, 0.2) is 47.6 Å². The fourth-order valence-electron chi connectivity index (χ4n) is 3.27. The molecule has 0 radical (unpaired) electrons. The molecule has 1 atom stereocenters. The van der Waals surface area contributed by atoms with Crippen molar-refractivity contribution in [3.05, 3.63) is 59.5 Å². The molecule has 1 aliphatic heterocycles. The first-order valence-electron chi connectivity index (χ1n) is 8.15. The van der Waals surface area contributed by atoms with E-state index in [0.29, 0.717) is 0 Å². The number of aromatic nitrogens is 3. The maximum atomic E-state index is 11.9. The highest BCUT2D eigenvalue weighted by Crippen LogP contribution is 2.52. The molecule has 0 saturated carbocycles. The van der Waals surface area contributed by atoms with Gasteiger partial charge in [-0.2, -0.15) is 5.10 Å². The summed E-state index contributed by atoms with van der Waals surface area (Å²) >= 11 is 1.71. The summed E-state index contributed by atoms with van der Waals surface area (Å²) in [5.41, 5.74) is 4.64. The average Bonchev–Trinajstić information content (AvgIpc) is 3.02. The molecule has 1 unspecified atom stereocenters. The van der Waals surface area contributed by atoms with Crippen molar-refractivity contribution in [1.82, 2.24) is 14.8 Å². The van der Waals surface area contributed by atoms with E-state index in [1.807, 2.05) is 31.2 Å². The Morgan fingerprint density at radius 2 is 2.12 bits per heavy atom. The molecule has 2 aromatic heterocycles. The van der Waals surface area contributed by atoms with Gasteiger partial charge in [-0.1, -0.05) is 25.1 Å². The number of benzene rings is 1. The van der Waals surface area contributed by atoms with Gasteiger partial charge in [0, 0.05) is 27.5 Å². The molecule has 3 aromatic rings. The minimum Gasteiger partial charge on any atom is -0.476 e. The van der Waals surface area contributed by atoms with E-state index in [1.54, 1.807) is 28.8 Å². The van der Waals surface area contributed by atoms with E-state index in [9.17, 15) is 9.90 Å². The van der Waals surface area contributed by atoms with Crippen molar-refractivity contribution in [2.24, 2.45) is 0 Å². The highest BCUT2D eigenvalue weighted by molar-refractivity contribution is 7.99. The van der Waals surface area contributed by atoms with Gasteiger partial charge in [0.2, 0.25) is 0 Å². The van der Waals surface area contributed by atoms with Crippen molar-refractivity contribution >= 4 is 17.7 Å². The van der Waals surface area contributed by atoms with Crippen molar-refractivity contribution in [3.8, 4) is 16.9 Å². The number of rotatable bonds is 3. The topological polar surface area (TPSA) is 68.0 Å². The summed E-state index contributed by atoms with van der Waals surface area (Å²) < 4.78 is 1.75. The average molecular weight is 351 g/mol. The van der Waals surface area contributed by atoms with Crippen LogP contribution in [-0.4, -0.2) is 25.8 Å². The molecular weight excluding hydrogens is 334 g/mol. The van der Waals surface area contributed by atoms with Gasteiger partial charge in [0.25, 0.3) is 0 Å². The molecule has 126 valence electrons. The number of pyridine rings is 1. The molecule has 3 heterocycles. The lowest BCUT2D eigenvalue weighted by Crippen LogP contribution is -2.08. The summed E-state index contributed by atoms with van der Waals surface area (Å²) in [5, 5.41) is 14.3. The van der Waals surface area contributed by atoms with Crippen LogP contribution in [0.4, 0.5) is 0 Å². The van der Waals surface area contributed by atoms with Crippen molar-refractivity contribution in [2.75, 3.05) is 0 Å². The normalized spacial score (nSPS) is 15.5. The summed E-state index contributed by atoms with van der Waals surface area (Å²) in [7, 11) is 0. The van der Waals surface area contributed by atoms with Crippen LogP contribution in [0.25, 0.3) is 16.9 Å². The van der Waals surface area contributed by atoms with Gasteiger partial charge in [-0.25, -0.2) is 9.48 Å². The van der Waals surface area contributed by atoms with Gasteiger partial charge in [-0.15, -0.1) is 11.8 Å². The van der Waals surface area contributed by atoms with Crippen LogP contribution in [0.2, 0.25) is 0 Å². The van der Waals surface area contributed by atoms with E-state index in [-0.39, 0.29) is 10.9 Å². The van der Waals surface area contributed by atoms with Crippen molar-refractivity contribution in [3.63, 3.8) is 0 Å². The molecule has 1 N–H and O–H groups in total. The highest BCUT2D eigenvalue weighted by Gasteiger charge is 2.34. The summed E-state index contributed by atoms with van der Waals surface area (Å²) in [6, 6.07) is 10.0. The Labute approximate surface area is 149 Å². The van der Waals surface area contributed by atoms with Gasteiger partial charge < -0.3 is 5.11 Å². The Kier molecular flexibility index (Phi) is 3.84. The van der Waals surface area contributed by atoms with E-state index in [0.717, 1.165) is 39.4 Å². The monoisotopic (exact) mass is 351 g/mol. The minimum absolute atomic E-state index is 0.0710. The van der Waals surface area contributed by atoms with Crippen molar-refractivity contribution < 1.29 is 9.90 Å². The Morgan fingerprint density at radius 1 is 1.32 bits per heavy atom. The molecule has 25 heavy (non-hydrogen) atoms. The molecule has 1 aliphatic rings. The maximum Gasteiger partial charge on any atom is 0.356 e. The third kappa shape index (κ3) is 2.44. The van der Waals surface area contributed by atoms with Gasteiger partial charge in [-0.3, -0.25) is 4.98 Å². The second kappa shape index (κ2) is 6.04. The van der Waals surface area contributed by atoms with Gasteiger partial charge >= 0.3 is 5.97 Å². The second-order valence-electron chi connectivity index (χ2n) is 6.00. The van der Waals surface area contributed by atoms with E-state index in [1.165, 1.54) is 0 Å². The minimum atomic E-state index is -0.991. The van der Waals surface area contributed by atoms with E-state index in [4.69, 9.17) is 0 Å². The summed E-state index contributed by atoms with van der Waals surface area (Å²) in [5.74, 6) is -0.991. The van der Waals surface area contributed by atoms with E-state index < -0.39 is 5.97 Å². The number of aromatic carboxylic acids is 1. The molecule has 6 heteroatoms. The molecule has 0 spiro atoms. The molecule has 0 bridgehead atoms. The first-order valence-corrected chi connectivity index (χ1v) is 9.03. The molecule has 0 saturated heterocycles. The number of carboxylic acids is 1. The lowest BCUT2D eigenvalue weighted by atomic mass is 10.00. The van der Waals surface area contributed by atoms with Gasteiger partial charge in [0.1, 0.15) is 0 Å². The molecule has 0 amide bonds. The van der Waals surface area contributed by atoms with Crippen molar-refractivity contribution in [2.45, 2.75) is 30.4 Å². The molecule has 0 fully saturated rings. The first-order chi connectivity index (χ1) is 12.1. The summed E-state index contributed by atoms with van der Waals surface area (Å²) in [6.07, 6.45) is 4.30. The van der Waals surface area contributed by atoms with Gasteiger partial charge in [0.05, 0.1) is 17.6 Å². The molecular formula is C19H17N3O2S. The van der Waals surface area contributed by atoms with Crippen LogP contribution in [0.1, 0.15) is 40.2 Å². The van der Waals surface area contributed by atoms with Crippen LogP contribution >= 0.6 is 11.8 Å². The Morgan fingerprint density at radius 3 is 2.84 bits per heavy atom. The maximum absolute atomic E-state index is 11.9. The van der Waals surface area contributed by atoms with Crippen LogP contribution in [-0.2, 0) is 0 Å². The smallest absolute Gasteiger partial charge is 0.356 e. The number of aryl methyl sites for hydroxylation is 1. The number of nitrogens with zero attached hydrogens (tertiary/aromatic N) is 3. The first kappa shape index (κ1) is 15.9. The van der Waals surface area contributed by atoms with Gasteiger partial charge in [-0.05, 0) is 31.0 Å². The predicted molar refractivity (Wildman–Crippen MR) is 97.4 cm³/mol. The number of thioether (sulfide) groups is 1. The predicted octanol–water partition coefficient (Wildman–Crippen LogP) is 4.50. The number of hydrogen-bond acceptors (Lipinski definition) is 4. The molecule has 4 rings (SSSR count). The highest BCUT2D eigenvalue weighted by atomic mass is 32.2. The van der Waals surface area contributed by atoms with E-state index in [2.05, 4.69) is 23.1 Å². The summed E-state index contributed by atoms with van der Waals surface area (Å²) in [6.45, 7) is 4.06. The zero-order chi connectivity index (χ0) is 17.6. The van der Waals surface area contributed by atoms with Crippen LogP contribution in [0.3, 0.4) is 0 Å². The fraction of sp³-hybridized carbons (Fsp3) is 0.211. The molecule has 5 nitrogen and oxygen atoms in total. The number of carbonyl (C=O) groups is 1. The Balaban J connectivity index is 2.09. The standard InChI is InChI=1S/C19H17N3O2S/c1-3-14-16-17(19(23)24)21-22(13-10-20-9-8-11(13)2)18(16)12-6-4-5-7-15(12)25-14/h4-10,14H,3H2,1-2H3,(H,23,24). The second-order valence-corrected chi connectivity index (χ2v) is 7.25. The lowest BCUT2D eigenvalue weighted by Gasteiger charge is -2.25. The third-order valence-electron chi connectivity index (χ3n) is 4.47. The van der Waals surface area contributed by atoms with Crippen LogP contribution < -0.4 is 0 Å². The Bertz CT molecular complexity index is 981. The lowest BCUT2D eigenvalue weighted by molar-refractivity contribution is 0.0688. The summed E-state index contributed by atoms with van der Waals surface area (Å²) in [4.78, 5) is 17.2. The number of carboxylic acid groups (broad SMARTS) is 1. The Hall–Kier alpha value is -2.60. The largest absolute Gasteiger partial charge is 0.476 e. The fourth-order valence-corrected chi connectivity index (χ4v) is 4.53. The van der Waals surface area contributed by atoms with E-state index >= 15 is 0 Å². The van der Waals surface area contributed by atoms with Crippen LogP contribution in [0, 0.1) is 6.92 Å². The third-order valence-corrected chi connectivity index (χ3v) is 5.93. The van der Waals surface area contributed by atoms with Gasteiger partial charge in [0.15, 0.2) is 5.69 Å². The van der Waals surface area contributed by atoms with Crippen LogP contribution in [0.5, 0.6) is 0 Å². The molecule has 1 aromatic carbocycles. The number of fused-ring (bicyclic) bond motifs is 3. The SMILES string of the molecule is CCC1Sc2ccccc2-c2c1c(C(=O)O)nn2-c1cnccc1C. The zero-order valence-corrected chi connectivity index (χ0v) is 14.7.